The number of carbonyl (C=O) groups is 1. The second-order valence-corrected chi connectivity index (χ2v) is 5.44. The molecule has 0 unspecified atom stereocenters. The van der Waals surface area contributed by atoms with E-state index in [1.54, 1.807) is 10.9 Å². The molecule has 0 spiro atoms. The highest BCUT2D eigenvalue weighted by atomic mass is 127. The molecule has 2 heterocycles. The summed E-state index contributed by atoms with van der Waals surface area (Å²) in [5, 5.41) is 9.29. The number of anilines is 1. The second kappa shape index (κ2) is 6.46. The SMILES string of the molecule is CN1C=C(Nc2cn(-c3cccc(OI)c3)nc2C(N)=O)CN1. The van der Waals surface area contributed by atoms with Crippen LogP contribution in [-0.4, -0.2) is 34.3 Å². The Morgan fingerprint density at radius 1 is 1.52 bits per heavy atom. The molecule has 3 rings (SSSR count). The van der Waals surface area contributed by atoms with Crippen molar-refractivity contribution in [3.8, 4) is 11.4 Å². The second-order valence-electron chi connectivity index (χ2n) is 5.00. The van der Waals surface area contributed by atoms with Crippen molar-refractivity contribution in [1.82, 2.24) is 20.2 Å². The Labute approximate surface area is 146 Å². The summed E-state index contributed by atoms with van der Waals surface area (Å²) in [6.07, 6.45) is 3.62. The zero-order valence-corrected chi connectivity index (χ0v) is 14.4. The largest absolute Gasteiger partial charge is 0.428 e. The normalized spacial score (nSPS) is 13.8. The van der Waals surface area contributed by atoms with Gasteiger partial charge in [0.15, 0.2) is 28.7 Å². The first-order valence-corrected chi connectivity index (χ1v) is 7.67. The summed E-state index contributed by atoms with van der Waals surface area (Å²) in [6.45, 7) is 0.637. The van der Waals surface area contributed by atoms with Crippen LogP contribution in [0, 0.1) is 0 Å². The Balaban J connectivity index is 1.95. The molecule has 0 aliphatic carbocycles. The van der Waals surface area contributed by atoms with E-state index < -0.39 is 5.91 Å². The van der Waals surface area contributed by atoms with Crippen LogP contribution in [0.1, 0.15) is 10.5 Å². The number of hydrazine groups is 1. The summed E-state index contributed by atoms with van der Waals surface area (Å²) in [4.78, 5) is 11.7. The van der Waals surface area contributed by atoms with Gasteiger partial charge in [-0.1, -0.05) is 6.07 Å². The molecule has 23 heavy (non-hydrogen) atoms. The minimum Gasteiger partial charge on any atom is -0.428 e. The predicted octanol–water partition coefficient (Wildman–Crippen LogP) is 1.40. The lowest BCUT2D eigenvalue weighted by molar-refractivity contribution is 0.0996. The summed E-state index contributed by atoms with van der Waals surface area (Å²) in [5.74, 6) is 0.102. The van der Waals surface area contributed by atoms with Gasteiger partial charge in [-0.05, 0) is 12.1 Å². The molecule has 8 nitrogen and oxygen atoms in total. The van der Waals surface area contributed by atoms with Crippen molar-refractivity contribution in [1.29, 1.82) is 0 Å². The van der Waals surface area contributed by atoms with E-state index in [9.17, 15) is 4.79 Å². The maximum atomic E-state index is 11.7. The number of benzene rings is 1. The van der Waals surface area contributed by atoms with Gasteiger partial charge in [0.05, 0.1) is 24.1 Å². The molecule has 4 N–H and O–H groups in total. The van der Waals surface area contributed by atoms with Gasteiger partial charge in [-0.2, -0.15) is 5.10 Å². The van der Waals surface area contributed by atoms with Gasteiger partial charge in [0.2, 0.25) is 0 Å². The molecule has 1 aromatic carbocycles. The van der Waals surface area contributed by atoms with E-state index in [1.807, 2.05) is 65.5 Å². The Kier molecular flexibility index (Phi) is 4.39. The van der Waals surface area contributed by atoms with Crippen molar-refractivity contribution < 1.29 is 7.86 Å². The van der Waals surface area contributed by atoms with Crippen LogP contribution in [0.5, 0.6) is 5.75 Å². The van der Waals surface area contributed by atoms with Gasteiger partial charge in [-0.3, -0.25) is 4.79 Å². The molecular weight excluding hydrogens is 411 g/mol. The quantitative estimate of drug-likeness (QED) is 0.626. The number of rotatable bonds is 5. The predicted molar refractivity (Wildman–Crippen MR) is 94.2 cm³/mol. The molecule has 0 atom stereocenters. The molecular formula is C14H15IN6O2. The van der Waals surface area contributed by atoms with Crippen molar-refractivity contribution in [3.63, 3.8) is 0 Å². The number of amides is 1. The number of nitrogens with zero attached hydrogens (tertiary/aromatic N) is 3. The summed E-state index contributed by atoms with van der Waals surface area (Å²) in [5.41, 5.74) is 11.0. The van der Waals surface area contributed by atoms with E-state index in [0.717, 1.165) is 11.4 Å². The molecule has 1 aromatic heterocycles. The Morgan fingerprint density at radius 3 is 3.00 bits per heavy atom. The molecule has 0 saturated heterocycles. The molecule has 1 aliphatic heterocycles. The van der Waals surface area contributed by atoms with Gasteiger partial charge in [-0.25, -0.2) is 10.1 Å². The van der Waals surface area contributed by atoms with Crippen LogP contribution in [0.15, 0.2) is 42.4 Å². The van der Waals surface area contributed by atoms with Crippen LogP contribution in [0.25, 0.3) is 5.69 Å². The highest BCUT2D eigenvalue weighted by molar-refractivity contribution is 14.1. The minimum atomic E-state index is -0.590. The molecule has 0 bridgehead atoms. The zero-order chi connectivity index (χ0) is 16.4. The van der Waals surface area contributed by atoms with Crippen molar-refractivity contribution in [2.75, 3.05) is 18.9 Å². The molecule has 1 aliphatic rings. The number of nitrogens with one attached hydrogen (secondary N) is 2. The standard InChI is InChI=1S/C14H15IN6O2/c1-20-7-9(6-17-20)18-12-8-21(19-13(12)14(16)22)10-3-2-4-11(5-10)23-15/h2-5,7-8,17-18H,6H2,1H3,(H2,16,22). The van der Waals surface area contributed by atoms with Gasteiger partial charge < -0.3 is 19.1 Å². The molecule has 2 aromatic rings. The van der Waals surface area contributed by atoms with Crippen LogP contribution in [0.2, 0.25) is 0 Å². The van der Waals surface area contributed by atoms with Crippen LogP contribution in [0.4, 0.5) is 5.69 Å². The fourth-order valence-corrected chi connectivity index (χ4v) is 2.51. The summed E-state index contributed by atoms with van der Waals surface area (Å²) in [6, 6.07) is 7.36. The van der Waals surface area contributed by atoms with E-state index in [2.05, 4.69) is 15.8 Å². The van der Waals surface area contributed by atoms with Crippen LogP contribution in [0.3, 0.4) is 0 Å². The molecule has 9 heteroatoms. The Morgan fingerprint density at radius 2 is 2.35 bits per heavy atom. The number of hydrogen-bond acceptors (Lipinski definition) is 6. The maximum Gasteiger partial charge on any atom is 0.271 e. The fraction of sp³-hybridized carbons (Fsp3) is 0.143. The third-order valence-corrected chi connectivity index (χ3v) is 3.79. The Bertz CT molecular complexity index is 772. The van der Waals surface area contributed by atoms with E-state index in [0.29, 0.717) is 18.0 Å². The van der Waals surface area contributed by atoms with E-state index in [4.69, 9.17) is 8.80 Å². The summed E-state index contributed by atoms with van der Waals surface area (Å²) in [7, 11) is 1.89. The van der Waals surface area contributed by atoms with Gasteiger partial charge in [-0.15, -0.1) is 0 Å². The third kappa shape index (κ3) is 3.40. The number of primary amides is 1. The van der Waals surface area contributed by atoms with Crippen LogP contribution < -0.4 is 19.5 Å². The lowest BCUT2D eigenvalue weighted by Gasteiger charge is -2.04. The number of nitrogens with two attached hydrogens (primary N) is 1. The number of halogens is 1. The van der Waals surface area contributed by atoms with Crippen LogP contribution >= 0.6 is 23.0 Å². The smallest absolute Gasteiger partial charge is 0.271 e. The van der Waals surface area contributed by atoms with E-state index in [-0.39, 0.29) is 5.69 Å². The van der Waals surface area contributed by atoms with Crippen molar-refractivity contribution in [2.45, 2.75) is 0 Å². The number of aromatic nitrogens is 2. The Hall–Kier alpha value is -2.27. The fourth-order valence-electron chi connectivity index (χ4n) is 2.24. The maximum absolute atomic E-state index is 11.7. The van der Waals surface area contributed by atoms with Gasteiger partial charge >= 0.3 is 0 Å². The highest BCUT2D eigenvalue weighted by Gasteiger charge is 2.18. The lowest BCUT2D eigenvalue weighted by atomic mass is 10.3. The van der Waals surface area contributed by atoms with Crippen LogP contribution in [-0.2, 0) is 0 Å². The molecule has 0 saturated carbocycles. The van der Waals surface area contributed by atoms with E-state index in [1.165, 1.54) is 0 Å². The first-order chi connectivity index (χ1) is 11.1. The number of hydrogen-bond donors (Lipinski definition) is 3. The van der Waals surface area contributed by atoms with Crippen molar-refractivity contribution in [2.24, 2.45) is 5.73 Å². The van der Waals surface area contributed by atoms with Crippen molar-refractivity contribution >= 4 is 34.6 Å². The average molecular weight is 426 g/mol. The lowest BCUT2D eigenvalue weighted by Crippen LogP contribution is -2.24. The summed E-state index contributed by atoms with van der Waals surface area (Å²) < 4.78 is 6.77. The molecule has 1 amide bonds. The highest BCUT2D eigenvalue weighted by Crippen LogP contribution is 2.22. The first kappa shape index (κ1) is 15.6. The molecule has 0 radical (unpaired) electrons. The molecule has 120 valence electrons. The zero-order valence-electron chi connectivity index (χ0n) is 12.3. The number of carbonyl (C=O) groups excluding carboxylic acids is 1. The summed E-state index contributed by atoms with van der Waals surface area (Å²) >= 11 is 1.81. The third-order valence-electron chi connectivity index (χ3n) is 3.28. The van der Waals surface area contributed by atoms with Gasteiger partial charge in [0.1, 0.15) is 5.75 Å². The van der Waals surface area contributed by atoms with E-state index >= 15 is 0 Å². The van der Waals surface area contributed by atoms with Gasteiger partial charge in [0.25, 0.3) is 5.91 Å². The first-order valence-electron chi connectivity index (χ1n) is 6.79. The monoisotopic (exact) mass is 426 g/mol. The average Bonchev–Trinajstić information content (AvgIpc) is 3.14. The van der Waals surface area contributed by atoms with Crippen molar-refractivity contribution in [3.05, 3.63) is 48.1 Å². The topological polar surface area (TPSA) is 97.4 Å². The molecule has 0 fully saturated rings. The minimum absolute atomic E-state index is 0.182. The van der Waals surface area contributed by atoms with Gasteiger partial charge in [0, 0.05) is 25.0 Å².